The highest BCUT2D eigenvalue weighted by Crippen LogP contribution is 2.23. The summed E-state index contributed by atoms with van der Waals surface area (Å²) in [6.45, 7) is 6.01. The van der Waals surface area contributed by atoms with Crippen molar-refractivity contribution >= 4 is 21.1 Å². The first-order valence-corrected chi connectivity index (χ1v) is 11.0. The number of benzene rings is 1. The van der Waals surface area contributed by atoms with Crippen LogP contribution in [-0.2, 0) is 23.1 Å². The Labute approximate surface area is 156 Å². The third-order valence-corrected chi connectivity index (χ3v) is 7.02. The minimum absolute atomic E-state index is 0.300. The predicted octanol–water partition coefficient (Wildman–Crippen LogP) is 3.07. The van der Waals surface area contributed by atoms with E-state index in [2.05, 4.69) is 16.4 Å². The molecular weight excluding hydrogens is 348 g/mol. The summed E-state index contributed by atoms with van der Waals surface area (Å²) in [5.74, 6) is 1.03. The van der Waals surface area contributed by atoms with Crippen LogP contribution in [0.2, 0.25) is 0 Å². The maximum absolute atomic E-state index is 12.4. The molecule has 0 atom stereocenters. The summed E-state index contributed by atoms with van der Waals surface area (Å²) in [6.07, 6.45) is 6.47. The molecule has 0 spiro atoms. The number of rotatable bonds is 5. The molecule has 0 aliphatic carbocycles. The van der Waals surface area contributed by atoms with E-state index in [1.54, 1.807) is 26.2 Å². The highest BCUT2D eigenvalue weighted by atomic mass is 32.2. The second kappa shape index (κ2) is 8.06. The van der Waals surface area contributed by atoms with Crippen molar-refractivity contribution in [1.82, 2.24) is 18.8 Å². The number of fused-ring (bicyclic) bond motifs is 1. The lowest BCUT2D eigenvalue weighted by atomic mass is 10.1. The van der Waals surface area contributed by atoms with Gasteiger partial charge in [-0.2, -0.15) is 0 Å². The molecule has 1 aliphatic heterocycles. The zero-order valence-electron chi connectivity index (χ0n) is 16.1. The Kier molecular flexibility index (Phi) is 5.99. The molecule has 144 valence electrons. The van der Waals surface area contributed by atoms with Crippen LogP contribution in [0.1, 0.15) is 44.9 Å². The molecule has 2 heterocycles. The van der Waals surface area contributed by atoms with Crippen LogP contribution in [0, 0.1) is 0 Å². The number of sulfonamides is 1. The van der Waals surface area contributed by atoms with Gasteiger partial charge in [0.2, 0.25) is 10.0 Å². The molecule has 1 aliphatic rings. The van der Waals surface area contributed by atoms with E-state index in [0.29, 0.717) is 4.90 Å². The minimum Gasteiger partial charge on any atom is -0.327 e. The molecule has 2 aromatic rings. The van der Waals surface area contributed by atoms with Gasteiger partial charge in [0, 0.05) is 20.6 Å². The molecule has 1 aromatic heterocycles. The number of hydrogen-bond donors (Lipinski definition) is 0. The number of aryl methyl sites for hydroxylation is 1. The van der Waals surface area contributed by atoms with E-state index < -0.39 is 10.0 Å². The van der Waals surface area contributed by atoms with E-state index in [-0.39, 0.29) is 0 Å². The third kappa shape index (κ3) is 3.94. The zero-order valence-corrected chi connectivity index (χ0v) is 16.9. The standard InChI is InChI=1S/C19H30N4O2S/c1-4-23-18-11-10-16(26(24,25)21(2)3)14-17(18)20-19(23)15-22-12-8-6-5-7-9-13-22/h10-11,14H,4-9,12-13,15H2,1-3H3. The van der Waals surface area contributed by atoms with Crippen molar-refractivity contribution in [3.63, 3.8) is 0 Å². The zero-order chi connectivity index (χ0) is 18.7. The minimum atomic E-state index is -3.44. The van der Waals surface area contributed by atoms with Gasteiger partial charge in [0.15, 0.2) is 0 Å². The molecule has 0 bridgehead atoms. The van der Waals surface area contributed by atoms with Crippen molar-refractivity contribution < 1.29 is 8.42 Å². The average molecular weight is 379 g/mol. The van der Waals surface area contributed by atoms with Crippen LogP contribution in [0.25, 0.3) is 11.0 Å². The third-order valence-electron chi connectivity index (χ3n) is 5.21. The molecular formula is C19H30N4O2S. The SMILES string of the molecule is CCn1c(CN2CCCCCCC2)nc2cc(S(=O)(=O)N(C)C)ccc21. The van der Waals surface area contributed by atoms with Gasteiger partial charge in [0.25, 0.3) is 0 Å². The van der Waals surface area contributed by atoms with Crippen molar-refractivity contribution in [3.05, 3.63) is 24.0 Å². The first-order valence-electron chi connectivity index (χ1n) is 9.57. The molecule has 0 unspecified atom stereocenters. The molecule has 3 rings (SSSR count). The Bertz CT molecular complexity index is 850. The lowest BCUT2D eigenvalue weighted by Crippen LogP contribution is -2.28. The maximum atomic E-state index is 12.4. The van der Waals surface area contributed by atoms with Crippen molar-refractivity contribution in [2.24, 2.45) is 0 Å². The fourth-order valence-electron chi connectivity index (χ4n) is 3.68. The summed E-state index contributed by atoms with van der Waals surface area (Å²) in [4.78, 5) is 7.59. The van der Waals surface area contributed by atoms with Crippen molar-refractivity contribution in [2.45, 2.75) is 57.0 Å². The molecule has 26 heavy (non-hydrogen) atoms. The van der Waals surface area contributed by atoms with Crippen molar-refractivity contribution in [2.75, 3.05) is 27.2 Å². The molecule has 1 fully saturated rings. The summed E-state index contributed by atoms with van der Waals surface area (Å²) in [5, 5.41) is 0. The number of nitrogens with zero attached hydrogens (tertiary/aromatic N) is 4. The Hall–Kier alpha value is -1.44. The van der Waals surface area contributed by atoms with Crippen LogP contribution in [0.3, 0.4) is 0 Å². The summed E-state index contributed by atoms with van der Waals surface area (Å²) in [5.41, 5.74) is 1.77. The predicted molar refractivity (Wildman–Crippen MR) is 105 cm³/mol. The summed E-state index contributed by atoms with van der Waals surface area (Å²) in [7, 11) is -0.335. The highest BCUT2D eigenvalue weighted by molar-refractivity contribution is 7.89. The van der Waals surface area contributed by atoms with Crippen molar-refractivity contribution in [3.8, 4) is 0 Å². The van der Waals surface area contributed by atoms with Crippen LogP contribution in [0.4, 0.5) is 0 Å². The number of aromatic nitrogens is 2. The van der Waals surface area contributed by atoms with Crippen molar-refractivity contribution in [1.29, 1.82) is 0 Å². The highest BCUT2D eigenvalue weighted by Gasteiger charge is 2.20. The molecule has 0 amide bonds. The van der Waals surface area contributed by atoms with E-state index in [4.69, 9.17) is 4.98 Å². The number of likely N-dealkylation sites (tertiary alicyclic amines) is 1. The first-order chi connectivity index (χ1) is 12.4. The Morgan fingerprint density at radius 2 is 1.73 bits per heavy atom. The van der Waals surface area contributed by atoms with Gasteiger partial charge < -0.3 is 4.57 Å². The number of imidazole rings is 1. The van der Waals surface area contributed by atoms with E-state index in [9.17, 15) is 8.42 Å². The lowest BCUT2D eigenvalue weighted by molar-refractivity contribution is 0.232. The van der Waals surface area contributed by atoms with Gasteiger partial charge in [0.1, 0.15) is 5.82 Å². The second-order valence-electron chi connectivity index (χ2n) is 7.25. The van der Waals surface area contributed by atoms with Crippen LogP contribution in [0.15, 0.2) is 23.1 Å². The van der Waals surface area contributed by atoms with Crippen LogP contribution >= 0.6 is 0 Å². The Balaban J connectivity index is 1.93. The number of hydrogen-bond acceptors (Lipinski definition) is 4. The molecule has 1 aromatic carbocycles. The molecule has 0 radical (unpaired) electrons. The van der Waals surface area contributed by atoms with Gasteiger partial charge in [-0.1, -0.05) is 19.3 Å². The van der Waals surface area contributed by atoms with Gasteiger partial charge >= 0.3 is 0 Å². The van der Waals surface area contributed by atoms with E-state index in [1.807, 2.05) is 6.07 Å². The fraction of sp³-hybridized carbons (Fsp3) is 0.632. The topological polar surface area (TPSA) is 58.4 Å². The van der Waals surface area contributed by atoms with Gasteiger partial charge in [-0.05, 0) is 51.1 Å². The van der Waals surface area contributed by atoms with E-state index in [1.165, 1.54) is 36.4 Å². The normalized spacial score (nSPS) is 17.5. The van der Waals surface area contributed by atoms with E-state index in [0.717, 1.165) is 43.0 Å². The van der Waals surface area contributed by atoms with Crippen LogP contribution < -0.4 is 0 Å². The molecule has 6 nitrogen and oxygen atoms in total. The summed E-state index contributed by atoms with van der Waals surface area (Å²) < 4.78 is 28.3. The summed E-state index contributed by atoms with van der Waals surface area (Å²) >= 11 is 0. The fourth-order valence-corrected chi connectivity index (χ4v) is 4.60. The largest absolute Gasteiger partial charge is 0.327 e. The van der Waals surface area contributed by atoms with Crippen LogP contribution in [-0.4, -0.2) is 54.4 Å². The smallest absolute Gasteiger partial charge is 0.242 e. The Morgan fingerprint density at radius 1 is 1.08 bits per heavy atom. The first kappa shape index (κ1) is 19.3. The second-order valence-corrected chi connectivity index (χ2v) is 9.41. The van der Waals surface area contributed by atoms with Gasteiger partial charge in [-0.3, -0.25) is 4.90 Å². The van der Waals surface area contributed by atoms with Gasteiger partial charge in [-0.15, -0.1) is 0 Å². The Morgan fingerprint density at radius 3 is 2.35 bits per heavy atom. The molecule has 0 saturated carbocycles. The van der Waals surface area contributed by atoms with E-state index >= 15 is 0 Å². The monoisotopic (exact) mass is 378 g/mol. The van der Waals surface area contributed by atoms with Crippen LogP contribution in [0.5, 0.6) is 0 Å². The average Bonchev–Trinajstić information content (AvgIpc) is 2.93. The molecule has 0 N–H and O–H groups in total. The lowest BCUT2D eigenvalue weighted by Gasteiger charge is -2.24. The molecule has 1 saturated heterocycles. The molecule has 7 heteroatoms. The maximum Gasteiger partial charge on any atom is 0.242 e. The van der Waals surface area contributed by atoms with Gasteiger partial charge in [-0.25, -0.2) is 17.7 Å². The quantitative estimate of drug-likeness (QED) is 0.802. The summed E-state index contributed by atoms with van der Waals surface area (Å²) in [6, 6.07) is 5.28. The van der Waals surface area contributed by atoms with Gasteiger partial charge in [0.05, 0.1) is 22.5 Å².